The van der Waals surface area contributed by atoms with Crippen molar-refractivity contribution in [3.63, 3.8) is 0 Å². The van der Waals surface area contributed by atoms with Crippen molar-refractivity contribution in [1.29, 1.82) is 0 Å². The average Bonchev–Trinajstić information content (AvgIpc) is 2.83. The molecule has 1 atom stereocenters. The first kappa shape index (κ1) is 14.2. The van der Waals surface area contributed by atoms with Gasteiger partial charge in [-0.25, -0.2) is 8.78 Å². The Hall–Kier alpha value is -1.26. The number of rotatable bonds is 5. The lowest BCUT2D eigenvalue weighted by molar-refractivity contribution is 0.488. The second-order valence-electron chi connectivity index (χ2n) is 4.46. The van der Waals surface area contributed by atoms with E-state index in [-0.39, 0.29) is 11.6 Å². The molecule has 1 aromatic heterocycles. The molecule has 2 rings (SSSR count). The summed E-state index contributed by atoms with van der Waals surface area (Å²) >= 11 is 1.67. The zero-order chi connectivity index (χ0) is 13.8. The van der Waals surface area contributed by atoms with Gasteiger partial charge in [-0.05, 0) is 42.5 Å². The summed E-state index contributed by atoms with van der Waals surface area (Å²) in [5, 5.41) is 5.23. The Labute approximate surface area is 116 Å². The Kier molecular flexibility index (Phi) is 4.66. The smallest absolute Gasteiger partial charge is 0.130 e. The van der Waals surface area contributed by atoms with E-state index in [0.29, 0.717) is 6.54 Å². The molecule has 19 heavy (non-hydrogen) atoms. The van der Waals surface area contributed by atoms with Crippen LogP contribution in [-0.2, 0) is 13.0 Å². The molecule has 1 unspecified atom stereocenters. The summed E-state index contributed by atoms with van der Waals surface area (Å²) in [6.07, 6.45) is 0.975. The van der Waals surface area contributed by atoms with E-state index in [1.165, 1.54) is 28.6 Å². The van der Waals surface area contributed by atoms with E-state index < -0.39 is 11.6 Å². The van der Waals surface area contributed by atoms with Crippen LogP contribution in [0.3, 0.4) is 0 Å². The minimum Gasteiger partial charge on any atom is -0.305 e. The van der Waals surface area contributed by atoms with Gasteiger partial charge in [0.1, 0.15) is 11.6 Å². The highest BCUT2D eigenvalue weighted by molar-refractivity contribution is 7.10. The second-order valence-corrected chi connectivity index (χ2v) is 5.46. The second kappa shape index (κ2) is 6.26. The zero-order valence-corrected chi connectivity index (χ0v) is 11.9. The maximum atomic E-state index is 13.6. The topological polar surface area (TPSA) is 12.0 Å². The molecule has 0 spiro atoms. The molecule has 1 aromatic carbocycles. The van der Waals surface area contributed by atoms with Gasteiger partial charge in [0.25, 0.3) is 0 Å². The molecule has 0 aliphatic heterocycles. The summed E-state index contributed by atoms with van der Waals surface area (Å²) in [7, 11) is 0. The van der Waals surface area contributed by atoms with Crippen molar-refractivity contribution < 1.29 is 8.78 Å². The quantitative estimate of drug-likeness (QED) is 0.854. The number of thiophene rings is 1. The van der Waals surface area contributed by atoms with Crippen molar-refractivity contribution in [2.24, 2.45) is 0 Å². The van der Waals surface area contributed by atoms with Crippen molar-refractivity contribution in [3.05, 3.63) is 57.3 Å². The van der Waals surface area contributed by atoms with Crippen LogP contribution in [0.1, 0.15) is 35.9 Å². The van der Waals surface area contributed by atoms with Crippen LogP contribution in [0.15, 0.2) is 29.6 Å². The molecule has 4 heteroatoms. The maximum Gasteiger partial charge on any atom is 0.130 e. The van der Waals surface area contributed by atoms with Crippen LogP contribution in [-0.4, -0.2) is 0 Å². The van der Waals surface area contributed by atoms with Crippen LogP contribution >= 0.6 is 11.3 Å². The summed E-state index contributed by atoms with van der Waals surface area (Å²) in [5.74, 6) is -0.996. The van der Waals surface area contributed by atoms with Crippen LogP contribution in [0.5, 0.6) is 0 Å². The molecular formula is C15H17F2NS. The SMILES string of the molecule is CCc1ccsc1CNC(C)c1c(F)cccc1F. The van der Waals surface area contributed by atoms with Gasteiger partial charge in [-0.3, -0.25) is 0 Å². The average molecular weight is 281 g/mol. The van der Waals surface area contributed by atoms with Crippen molar-refractivity contribution in [2.75, 3.05) is 0 Å². The fourth-order valence-corrected chi connectivity index (χ4v) is 3.04. The summed E-state index contributed by atoms with van der Waals surface area (Å²) in [6, 6.07) is 5.71. The van der Waals surface area contributed by atoms with Gasteiger partial charge in [-0.2, -0.15) is 0 Å². The third-order valence-electron chi connectivity index (χ3n) is 3.22. The Morgan fingerprint density at radius 2 is 1.89 bits per heavy atom. The van der Waals surface area contributed by atoms with Crippen molar-refractivity contribution in [1.82, 2.24) is 5.32 Å². The van der Waals surface area contributed by atoms with Gasteiger partial charge in [0, 0.05) is 23.0 Å². The summed E-state index contributed by atoms with van der Waals surface area (Å²) in [5.41, 5.74) is 1.40. The molecule has 1 nitrogen and oxygen atoms in total. The Balaban J connectivity index is 2.08. The van der Waals surface area contributed by atoms with E-state index in [1.807, 2.05) is 5.38 Å². The highest BCUT2D eigenvalue weighted by Gasteiger charge is 2.15. The molecular weight excluding hydrogens is 264 g/mol. The Bertz CT molecular complexity index is 531. The number of hydrogen-bond acceptors (Lipinski definition) is 2. The molecule has 0 radical (unpaired) electrons. The summed E-state index contributed by atoms with van der Waals surface area (Å²) < 4.78 is 27.3. The zero-order valence-electron chi connectivity index (χ0n) is 11.0. The normalized spacial score (nSPS) is 12.6. The molecule has 0 aliphatic carbocycles. The van der Waals surface area contributed by atoms with Gasteiger partial charge in [0.05, 0.1) is 0 Å². The van der Waals surface area contributed by atoms with E-state index in [4.69, 9.17) is 0 Å². The first-order valence-corrected chi connectivity index (χ1v) is 7.24. The number of halogens is 2. The first-order valence-electron chi connectivity index (χ1n) is 6.36. The van der Waals surface area contributed by atoms with Crippen LogP contribution in [0.25, 0.3) is 0 Å². The highest BCUT2D eigenvalue weighted by Crippen LogP contribution is 2.22. The monoisotopic (exact) mass is 281 g/mol. The minimum absolute atomic E-state index is 0.108. The molecule has 0 bridgehead atoms. The molecule has 0 fully saturated rings. The summed E-state index contributed by atoms with van der Waals surface area (Å²) in [6.45, 7) is 4.52. The van der Waals surface area contributed by atoms with Gasteiger partial charge >= 0.3 is 0 Å². The number of aryl methyl sites for hydroxylation is 1. The fraction of sp³-hybridized carbons (Fsp3) is 0.333. The van der Waals surface area contributed by atoms with Crippen LogP contribution in [0, 0.1) is 11.6 Å². The van der Waals surface area contributed by atoms with Gasteiger partial charge in [0.15, 0.2) is 0 Å². The molecule has 1 N–H and O–H groups in total. The standard InChI is InChI=1S/C15H17F2NS/c1-3-11-7-8-19-14(11)9-18-10(2)15-12(16)5-4-6-13(15)17/h4-8,10,18H,3,9H2,1-2H3. The Morgan fingerprint density at radius 1 is 1.21 bits per heavy atom. The largest absolute Gasteiger partial charge is 0.305 e. The minimum atomic E-state index is -0.498. The first-order chi connectivity index (χ1) is 9.13. The maximum absolute atomic E-state index is 13.6. The lowest BCUT2D eigenvalue weighted by Crippen LogP contribution is -2.20. The van der Waals surface area contributed by atoms with E-state index in [1.54, 1.807) is 18.3 Å². The molecule has 1 heterocycles. The predicted molar refractivity (Wildman–Crippen MR) is 75.3 cm³/mol. The third kappa shape index (κ3) is 3.19. The van der Waals surface area contributed by atoms with Gasteiger partial charge in [-0.1, -0.05) is 13.0 Å². The van der Waals surface area contributed by atoms with E-state index >= 15 is 0 Å². The highest BCUT2D eigenvalue weighted by atomic mass is 32.1. The van der Waals surface area contributed by atoms with Crippen molar-refractivity contribution >= 4 is 11.3 Å². The number of benzene rings is 1. The molecule has 102 valence electrons. The lowest BCUT2D eigenvalue weighted by Gasteiger charge is -2.15. The van der Waals surface area contributed by atoms with Crippen LogP contribution in [0.4, 0.5) is 8.78 Å². The lowest BCUT2D eigenvalue weighted by atomic mass is 10.1. The number of hydrogen-bond donors (Lipinski definition) is 1. The molecule has 0 amide bonds. The van der Waals surface area contributed by atoms with E-state index in [2.05, 4.69) is 18.3 Å². The summed E-state index contributed by atoms with van der Waals surface area (Å²) in [4.78, 5) is 1.23. The van der Waals surface area contributed by atoms with Gasteiger partial charge < -0.3 is 5.32 Å². The molecule has 0 aliphatic rings. The van der Waals surface area contributed by atoms with E-state index in [9.17, 15) is 8.78 Å². The molecule has 0 saturated heterocycles. The molecule has 2 aromatic rings. The Morgan fingerprint density at radius 3 is 2.53 bits per heavy atom. The number of nitrogens with one attached hydrogen (secondary N) is 1. The van der Waals surface area contributed by atoms with Gasteiger partial charge in [-0.15, -0.1) is 11.3 Å². The third-order valence-corrected chi connectivity index (χ3v) is 4.18. The fourth-order valence-electron chi connectivity index (χ4n) is 2.11. The predicted octanol–water partition coefficient (Wildman–Crippen LogP) is 4.44. The van der Waals surface area contributed by atoms with Crippen molar-refractivity contribution in [2.45, 2.75) is 32.9 Å². The van der Waals surface area contributed by atoms with Crippen LogP contribution < -0.4 is 5.32 Å². The van der Waals surface area contributed by atoms with Crippen LogP contribution in [0.2, 0.25) is 0 Å². The van der Waals surface area contributed by atoms with E-state index in [0.717, 1.165) is 6.42 Å². The van der Waals surface area contributed by atoms with Crippen molar-refractivity contribution in [3.8, 4) is 0 Å². The van der Waals surface area contributed by atoms with Gasteiger partial charge in [0.2, 0.25) is 0 Å². The molecule has 0 saturated carbocycles.